The first kappa shape index (κ1) is 15.0. The molecule has 0 aliphatic carbocycles. The standard InChI is InChI=1S/C14H22O3S/c1-4-5-6-7-10-17-14-9-8-13(11-12(14)2)18(3,15)16/h8-9,11H,4-7,10H2,1-3H3. The lowest BCUT2D eigenvalue weighted by Crippen LogP contribution is -2.01. The number of ether oxygens (including phenoxy) is 1. The fourth-order valence-electron chi connectivity index (χ4n) is 1.73. The van der Waals surface area contributed by atoms with Gasteiger partial charge in [0, 0.05) is 6.26 Å². The monoisotopic (exact) mass is 270 g/mol. The second-order valence-electron chi connectivity index (χ2n) is 4.61. The summed E-state index contributed by atoms with van der Waals surface area (Å²) >= 11 is 0. The Morgan fingerprint density at radius 2 is 1.89 bits per heavy atom. The molecule has 1 aromatic rings. The van der Waals surface area contributed by atoms with Gasteiger partial charge in [-0.2, -0.15) is 0 Å². The minimum absolute atomic E-state index is 0.346. The third kappa shape index (κ3) is 4.69. The minimum atomic E-state index is -3.13. The molecule has 0 saturated heterocycles. The maximum Gasteiger partial charge on any atom is 0.175 e. The molecule has 0 N–H and O–H groups in total. The van der Waals surface area contributed by atoms with Crippen LogP contribution in [0.15, 0.2) is 23.1 Å². The summed E-state index contributed by atoms with van der Waals surface area (Å²) in [5, 5.41) is 0. The van der Waals surface area contributed by atoms with Gasteiger partial charge in [0.2, 0.25) is 0 Å². The van der Waals surface area contributed by atoms with Crippen LogP contribution in [-0.2, 0) is 9.84 Å². The Morgan fingerprint density at radius 1 is 1.17 bits per heavy atom. The number of aryl methyl sites for hydroxylation is 1. The number of sulfone groups is 1. The average Bonchev–Trinajstić information content (AvgIpc) is 2.29. The van der Waals surface area contributed by atoms with Gasteiger partial charge in [0.1, 0.15) is 5.75 Å². The third-order valence-electron chi connectivity index (χ3n) is 2.83. The third-order valence-corrected chi connectivity index (χ3v) is 3.94. The molecule has 0 heterocycles. The molecule has 102 valence electrons. The molecule has 3 nitrogen and oxygen atoms in total. The summed E-state index contributed by atoms with van der Waals surface area (Å²) in [6, 6.07) is 5.01. The zero-order valence-electron chi connectivity index (χ0n) is 11.4. The SMILES string of the molecule is CCCCCCOc1ccc(S(C)(=O)=O)cc1C. The van der Waals surface area contributed by atoms with Crippen LogP contribution in [0.2, 0.25) is 0 Å². The summed E-state index contributed by atoms with van der Waals surface area (Å²) in [6.45, 7) is 4.74. The van der Waals surface area contributed by atoms with Gasteiger partial charge in [-0.1, -0.05) is 26.2 Å². The zero-order valence-corrected chi connectivity index (χ0v) is 12.2. The quantitative estimate of drug-likeness (QED) is 0.714. The van der Waals surface area contributed by atoms with Crippen molar-refractivity contribution in [2.45, 2.75) is 44.4 Å². The lowest BCUT2D eigenvalue weighted by Gasteiger charge is -2.10. The van der Waals surface area contributed by atoms with Crippen LogP contribution < -0.4 is 4.74 Å². The molecule has 0 aliphatic heterocycles. The van der Waals surface area contributed by atoms with Crippen molar-refractivity contribution in [1.29, 1.82) is 0 Å². The molecule has 0 amide bonds. The number of unbranched alkanes of at least 4 members (excludes halogenated alkanes) is 3. The van der Waals surface area contributed by atoms with Gasteiger partial charge in [0.15, 0.2) is 9.84 Å². The molecular weight excluding hydrogens is 248 g/mol. The molecule has 0 atom stereocenters. The van der Waals surface area contributed by atoms with Crippen molar-refractivity contribution in [3.63, 3.8) is 0 Å². The van der Waals surface area contributed by atoms with Crippen LogP contribution in [0.5, 0.6) is 5.75 Å². The summed E-state index contributed by atoms with van der Waals surface area (Å²) in [4.78, 5) is 0.346. The van der Waals surface area contributed by atoms with E-state index in [1.54, 1.807) is 18.2 Å². The van der Waals surface area contributed by atoms with E-state index in [0.717, 1.165) is 17.7 Å². The van der Waals surface area contributed by atoms with Crippen molar-refractivity contribution in [1.82, 2.24) is 0 Å². The predicted octanol–water partition coefficient (Wildman–Crippen LogP) is 3.36. The van der Waals surface area contributed by atoms with Crippen LogP contribution >= 0.6 is 0 Å². The Hall–Kier alpha value is -1.03. The summed E-state index contributed by atoms with van der Waals surface area (Å²) in [5.41, 5.74) is 0.869. The highest BCUT2D eigenvalue weighted by Gasteiger charge is 2.09. The number of hydrogen-bond donors (Lipinski definition) is 0. The number of rotatable bonds is 7. The smallest absolute Gasteiger partial charge is 0.175 e. The van der Waals surface area contributed by atoms with Crippen molar-refractivity contribution in [3.05, 3.63) is 23.8 Å². The maximum atomic E-state index is 11.4. The van der Waals surface area contributed by atoms with Gasteiger partial charge < -0.3 is 4.74 Å². The second-order valence-corrected chi connectivity index (χ2v) is 6.62. The molecule has 0 aromatic heterocycles. The first-order valence-electron chi connectivity index (χ1n) is 6.38. The molecule has 1 rings (SSSR count). The lowest BCUT2D eigenvalue weighted by molar-refractivity contribution is 0.303. The largest absolute Gasteiger partial charge is 0.493 e. The maximum absolute atomic E-state index is 11.4. The van der Waals surface area contributed by atoms with Crippen LogP contribution in [0, 0.1) is 6.92 Å². The topological polar surface area (TPSA) is 43.4 Å². The van der Waals surface area contributed by atoms with E-state index in [1.165, 1.54) is 25.5 Å². The molecular formula is C14H22O3S. The van der Waals surface area contributed by atoms with Gasteiger partial charge in [-0.3, -0.25) is 0 Å². The molecule has 0 saturated carbocycles. The zero-order chi connectivity index (χ0) is 13.6. The van der Waals surface area contributed by atoms with Gasteiger partial charge in [0.25, 0.3) is 0 Å². The van der Waals surface area contributed by atoms with Crippen molar-refractivity contribution >= 4 is 9.84 Å². The van der Waals surface area contributed by atoms with Gasteiger partial charge >= 0.3 is 0 Å². The summed E-state index contributed by atoms with van der Waals surface area (Å²) in [6.07, 6.45) is 5.88. The van der Waals surface area contributed by atoms with Crippen LogP contribution in [-0.4, -0.2) is 21.3 Å². The van der Waals surface area contributed by atoms with E-state index in [0.29, 0.717) is 11.5 Å². The molecule has 4 heteroatoms. The van der Waals surface area contributed by atoms with E-state index in [1.807, 2.05) is 6.92 Å². The highest BCUT2D eigenvalue weighted by atomic mass is 32.2. The molecule has 0 spiro atoms. The minimum Gasteiger partial charge on any atom is -0.493 e. The van der Waals surface area contributed by atoms with Gasteiger partial charge in [0.05, 0.1) is 11.5 Å². The van der Waals surface area contributed by atoms with Crippen LogP contribution in [0.3, 0.4) is 0 Å². The molecule has 0 unspecified atom stereocenters. The van der Waals surface area contributed by atoms with E-state index in [2.05, 4.69) is 6.92 Å². The Labute approximate surface area is 110 Å². The molecule has 0 bridgehead atoms. The molecule has 0 radical (unpaired) electrons. The van der Waals surface area contributed by atoms with E-state index in [-0.39, 0.29) is 0 Å². The van der Waals surface area contributed by atoms with Crippen molar-refractivity contribution in [3.8, 4) is 5.75 Å². The second kappa shape index (κ2) is 6.78. The first-order valence-corrected chi connectivity index (χ1v) is 8.28. The summed E-state index contributed by atoms with van der Waals surface area (Å²) in [7, 11) is -3.13. The molecule has 1 aromatic carbocycles. The molecule has 18 heavy (non-hydrogen) atoms. The van der Waals surface area contributed by atoms with Crippen LogP contribution in [0.4, 0.5) is 0 Å². The Balaban J connectivity index is 2.58. The fraction of sp³-hybridized carbons (Fsp3) is 0.571. The summed E-state index contributed by atoms with van der Waals surface area (Å²) < 4.78 is 28.4. The molecule has 0 aliphatic rings. The average molecular weight is 270 g/mol. The van der Waals surface area contributed by atoms with Crippen LogP contribution in [0.1, 0.15) is 38.2 Å². The van der Waals surface area contributed by atoms with Crippen molar-refractivity contribution in [2.75, 3.05) is 12.9 Å². The van der Waals surface area contributed by atoms with E-state index >= 15 is 0 Å². The Kier molecular flexibility index (Phi) is 5.66. The van der Waals surface area contributed by atoms with Crippen molar-refractivity contribution in [2.24, 2.45) is 0 Å². The number of benzene rings is 1. The van der Waals surface area contributed by atoms with Gasteiger partial charge in [-0.25, -0.2) is 8.42 Å². The van der Waals surface area contributed by atoms with Crippen molar-refractivity contribution < 1.29 is 13.2 Å². The lowest BCUT2D eigenvalue weighted by atomic mass is 10.2. The normalized spacial score (nSPS) is 11.5. The predicted molar refractivity (Wildman–Crippen MR) is 73.9 cm³/mol. The highest BCUT2D eigenvalue weighted by Crippen LogP contribution is 2.22. The fourth-order valence-corrected chi connectivity index (χ4v) is 2.43. The van der Waals surface area contributed by atoms with E-state index in [4.69, 9.17) is 4.74 Å². The van der Waals surface area contributed by atoms with Gasteiger partial charge in [-0.15, -0.1) is 0 Å². The molecule has 0 fully saturated rings. The first-order chi connectivity index (χ1) is 8.45. The Morgan fingerprint density at radius 3 is 2.44 bits per heavy atom. The summed E-state index contributed by atoms with van der Waals surface area (Å²) in [5.74, 6) is 0.777. The highest BCUT2D eigenvalue weighted by molar-refractivity contribution is 7.90. The van der Waals surface area contributed by atoms with E-state index < -0.39 is 9.84 Å². The Bertz CT molecular complexity index is 478. The van der Waals surface area contributed by atoms with E-state index in [9.17, 15) is 8.42 Å². The van der Waals surface area contributed by atoms with Gasteiger partial charge in [-0.05, 0) is 37.1 Å². The van der Waals surface area contributed by atoms with Crippen LogP contribution in [0.25, 0.3) is 0 Å². The number of hydrogen-bond acceptors (Lipinski definition) is 3.